The van der Waals surface area contributed by atoms with Crippen LogP contribution in [0, 0.1) is 5.92 Å². The van der Waals surface area contributed by atoms with Crippen molar-refractivity contribution in [1.82, 2.24) is 0 Å². The van der Waals surface area contributed by atoms with Gasteiger partial charge in [-0.05, 0) is 41.5 Å². The first-order valence-corrected chi connectivity index (χ1v) is 8.80. The molecule has 122 valence electrons. The summed E-state index contributed by atoms with van der Waals surface area (Å²) < 4.78 is 6.24. The van der Waals surface area contributed by atoms with Crippen molar-refractivity contribution >= 4 is 11.9 Å². The largest absolute Gasteiger partial charge is 0.493 e. The lowest BCUT2D eigenvalue weighted by molar-refractivity contribution is -0.121. The van der Waals surface area contributed by atoms with Crippen molar-refractivity contribution in [2.75, 3.05) is 0 Å². The van der Waals surface area contributed by atoms with Gasteiger partial charge in [0.1, 0.15) is 18.1 Å². The number of hydrogen-bond donors (Lipinski definition) is 0. The number of Topliss-reactive ketones (excluding diaryl/α,β-unsaturated/α-hetero) is 1. The molecule has 0 aliphatic heterocycles. The number of ether oxygens (including phenoxy) is 1. The van der Waals surface area contributed by atoms with Gasteiger partial charge in [0.05, 0.1) is 0 Å². The molecule has 4 rings (SSSR count). The number of allylic oxidation sites excluding steroid dienone is 1. The Morgan fingerprint density at radius 2 is 1.62 bits per heavy atom. The van der Waals surface area contributed by atoms with E-state index in [1.807, 2.05) is 18.2 Å². The molecule has 0 heterocycles. The molecule has 2 aromatic carbocycles. The van der Waals surface area contributed by atoms with Crippen molar-refractivity contribution in [3.63, 3.8) is 0 Å². The van der Waals surface area contributed by atoms with Gasteiger partial charge in [-0.1, -0.05) is 54.6 Å². The van der Waals surface area contributed by atoms with E-state index in [-0.39, 0.29) is 0 Å². The average Bonchev–Trinajstić information content (AvgIpc) is 3.00. The minimum absolute atomic E-state index is 0.304. The summed E-state index contributed by atoms with van der Waals surface area (Å²) in [5.41, 5.74) is 3.81. The Hall–Kier alpha value is -2.35. The second-order valence-corrected chi connectivity index (χ2v) is 6.80. The Balaban J connectivity index is 1.56. The fourth-order valence-electron chi connectivity index (χ4n) is 3.98. The molecule has 0 N–H and O–H groups in total. The van der Waals surface area contributed by atoms with E-state index in [4.69, 9.17) is 4.74 Å². The molecule has 1 unspecified atom stereocenters. The fraction of sp³-hybridized carbons (Fsp3) is 0.318. The topological polar surface area (TPSA) is 26.3 Å². The molecule has 0 amide bonds. The van der Waals surface area contributed by atoms with Crippen LogP contribution in [0.3, 0.4) is 0 Å². The number of carbonyl (C=O) groups excluding carboxylic acids is 1. The van der Waals surface area contributed by atoms with Gasteiger partial charge < -0.3 is 4.74 Å². The van der Waals surface area contributed by atoms with Crippen LogP contribution in [0.1, 0.15) is 48.3 Å². The number of hydrogen-bond acceptors (Lipinski definition) is 2. The Morgan fingerprint density at radius 1 is 0.917 bits per heavy atom. The normalized spacial score (nSPS) is 20.6. The predicted octanol–water partition coefficient (Wildman–Crippen LogP) is 5.10. The highest BCUT2D eigenvalue weighted by molar-refractivity contribution is 5.79. The Morgan fingerprint density at radius 3 is 2.42 bits per heavy atom. The number of fused-ring (bicyclic) bond motifs is 1. The lowest BCUT2D eigenvalue weighted by Crippen LogP contribution is -2.21. The van der Waals surface area contributed by atoms with E-state index in [1.54, 1.807) is 0 Å². The highest BCUT2D eigenvalue weighted by Gasteiger charge is 2.35. The summed E-state index contributed by atoms with van der Waals surface area (Å²) in [7, 11) is 0. The second-order valence-electron chi connectivity index (χ2n) is 6.80. The van der Waals surface area contributed by atoms with Gasteiger partial charge in [-0.2, -0.15) is 0 Å². The maximum atomic E-state index is 11.6. The van der Waals surface area contributed by atoms with Crippen molar-refractivity contribution in [1.29, 1.82) is 0 Å². The van der Waals surface area contributed by atoms with Crippen molar-refractivity contribution in [2.45, 2.75) is 38.2 Å². The van der Waals surface area contributed by atoms with Crippen LogP contribution in [-0.4, -0.2) is 5.78 Å². The number of rotatable bonds is 4. The zero-order chi connectivity index (χ0) is 16.4. The minimum atomic E-state index is 0.304. The van der Waals surface area contributed by atoms with Crippen LogP contribution in [0.2, 0.25) is 0 Å². The van der Waals surface area contributed by atoms with Crippen LogP contribution >= 0.6 is 0 Å². The Bertz CT molecular complexity index is 751. The van der Waals surface area contributed by atoms with Crippen molar-refractivity contribution in [2.24, 2.45) is 5.92 Å². The quantitative estimate of drug-likeness (QED) is 0.784. The number of carbonyl (C=O) groups is 1. The zero-order valence-corrected chi connectivity index (χ0v) is 13.8. The van der Waals surface area contributed by atoms with Gasteiger partial charge in [0.2, 0.25) is 0 Å². The summed E-state index contributed by atoms with van der Waals surface area (Å²) in [4.78, 5) is 11.6. The molecule has 0 radical (unpaired) electrons. The molecule has 0 bridgehead atoms. The van der Waals surface area contributed by atoms with Gasteiger partial charge in [0, 0.05) is 18.8 Å². The van der Waals surface area contributed by atoms with E-state index in [2.05, 4.69) is 42.5 Å². The summed E-state index contributed by atoms with van der Waals surface area (Å²) in [5.74, 6) is 2.29. The molecule has 24 heavy (non-hydrogen) atoms. The molecule has 1 atom stereocenters. The summed E-state index contributed by atoms with van der Waals surface area (Å²) >= 11 is 0. The van der Waals surface area contributed by atoms with Gasteiger partial charge in [-0.15, -0.1) is 0 Å². The summed E-state index contributed by atoms with van der Waals surface area (Å²) in [6, 6.07) is 18.9. The SMILES string of the molecule is O=C1CCC(C2C(OCc3ccccc3)=Cc3ccccc32)CC1. The predicted molar refractivity (Wildman–Crippen MR) is 95.4 cm³/mol. The van der Waals surface area contributed by atoms with Crippen LogP contribution in [0.25, 0.3) is 6.08 Å². The first kappa shape index (κ1) is 15.2. The molecule has 0 spiro atoms. The summed E-state index contributed by atoms with van der Waals surface area (Å²) in [6.45, 7) is 0.600. The first-order chi connectivity index (χ1) is 11.8. The smallest absolute Gasteiger partial charge is 0.132 e. The molecule has 1 fully saturated rings. The molecule has 2 nitrogen and oxygen atoms in total. The van der Waals surface area contributed by atoms with E-state index in [0.717, 1.165) is 31.4 Å². The summed E-state index contributed by atoms with van der Waals surface area (Å²) in [6.07, 6.45) is 5.58. The number of benzene rings is 2. The molecule has 1 saturated carbocycles. The van der Waals surface area contributed by atoms with Crippen LogP contribution in [-0.2, 0) is 16.1 Å². The summed E-state index contributed by atoms with van der Waals surface area (Å²) in [5, 5.41) is 0. The van der Waals surface area contributed by atoms with E-state index >= 15 is 0 Å². The van der Waals surface area contributed by atoms with Crippen molar-refractivity contribution < 1.29 is 9.53 Å². The molecule has 0 aromatic heterocycles. The third-order valence-corrected chi connectivity index (χ3v) is 5.24. The maximum Gasteiger partial charge on any atom is 0.132 e. The van der Waals surface area contributed by atoms with Gasteiger partial charge in [0.15, 0.2) is 0 Å². The molecule has 0 saturated heterocycles. The maximum absolute atomic E-state index is 11.6. The van der Waals surface area contributed by atoms with Crippen LogP contribution in [0.15, 0.2) is 60.4 Å². The third-order valence-electron chi connectivity index (χ3n) is 5.24. The second kappa shape index (κ2) is 6.64. The Labute approximate surface area is 143 Å². The van der Waals surface area contributed by atoms with Crippen LogP contribution in [0.4, 0.5) is 0 Å². The van der Waals surface area contributed by atoms with Crippen LogP contribution < -0.4 is 0 Å². The van der Waals surface area contributed by atoms with Gasteiger partial charge in [-0.3, -0.25) is 4.79 Å². The van der Waals surface area contributed by atoms with Crippen molar-refractivity contribution in [3.05, 3.63) is 77.0 Å². The van der Waals surface area contributed by atoms with Crippen LogP contribution in [0.5, 0.6) is 0 Å². The highest BCUT2D eigenvalue weighted by atomic mass is 16.5. The van der Waals surface area contributed by atoms with Gasteiger partial charge >= 0.3 is 0 Å². The molecular formula is C22H22O2. The lowest BCUT2D eigenvalue weighted by atomic mass is 9.77. The first-order valence-electron chi connectivity index (χ1n) is 8.80. The lowest BCUT2D eigenvalue weighted by Gasteiger charge is -2.29. The van der Waals surface area contributed by atoms with E-state index in [9.17, 15) is 4.79 Å². The average molecular weight is 318 g/mol. The third kappa shape index (κ3) is 3.01. The Kier molecular flexibility index (Phi) is 4.20. The molecule has 2 aliphatic rings. The number of ketones is 1. The van der Waals surface area contributed by atoms with E-state index in [0.29, 0.717) is 24.2 Å². The standard InChI is InChI=1S/C22H22O2/c23-19-12-10-17(11-13-19)22-20-9-5-4-8-18(20)14-21(22)24-15-16-6-2-1-3-7-16/h1-9,14,17,22H,10-13,15H2. The highest BCUT2D eigenvalue weighted by Crippen LogP contribution is 2.46. The van der Waals surface area contributed by atoms with Crippen molar-refractivity contribution in [3.8, 4) is 0 Å². The monoisotopic (exact) mass is 318 g/mol. The minimum Gasteiger partial charge on any atom is -0.493 e. The molecule has 2 aliphatic carbocycles. The van der Waals surface area contributed by atoms with E-state index in [1.165, 1.54) is 16.7 Å². The fourth-order valence-corrected chi connectivity index (χ4v) is 3.98. The molecule has 2 aromatic rings. The zero-order valence-electron chi connectivity index (χ0n) is 13.8. The van der Waals surface area contributed by atoms with Gasteiger partial charge in [0.25, 0.3) is 0 Å². The molecular weight excluding hydrogens is 296 g/mol. The van der Waals surface area contributed by atoms with Gasteiger partial charge in [-0.25, -0.2) is 0 Å². The molecule has 2 heteroatoms. The van der Waals surface area contributed by atoms with E-state index < -0.39 is 0 Å².